The van der Waals surface area contributed by atoms with Crippen LogP contribution < -0.4 is 5.32 Å². The van der Waals surface area contributed by atoms with Crippen molar-refractivity contribution in [2.24, 2.45) is 0 Å². The van der Waals surface area contributed by atoms with Crippen molar-refractivity contribution in [3.05, 3.63) is 61.7 Å². The number of rotatable bonds is 4. The highest BCUT2D eigenvalue weighted by molar-refractivity contribution is 7.13. The lowest BCUT2D eigenvalue weighted by Gasteiger charge is -2.31. The van der Waals surface area contributed by atoms with E-state index < -0.39 is 0 Å². The standard InChI is InChI=1S/C19H17ClN4O2S2/c20-13-5-7-14(8-6-13)21-16(25)18-23-22-17(28-18)12-3-1-9-24(11-12)19(26)15-4-2-10-27-15/h2,4-8,10,12H,1,3,9,11H2,(H,21,25)/t12-/m1/s1. The number of hydrogen-bond acceptors (Lipinski definition) is 6. The summed E-state index contributed by atoms with van der Waals surface area (Å²) in [5.41, 5.74) is 0.650. The van der Waals surface area contributed by atoms with Gasteiger partial charge in [0.05, 0.1) is 4.88 Å². The van der Waals surface area contributed by atoms with Crippen LogP contribution in [0.25, 0.3) is 0 Å². The lowest BCUT2D eigenvalue weighted by Crippen LogP contribution is -2.38. The molecule has 1 saturated heterocycles. The predicted octanol–water partition coefficient (Wildman–Crippen LogP) is 4.53. The molecular formula is C19H17ClN4O2S2. The van der Waals surface area contributed by atoms with Gasteiger partial charge in [0.25, 0.3) is 11.8 Å². The third-order valence-electron chi connectivity index (χ3n) is 4.53. The molecule has 28 heavy (non-hydrogen) atoms. The first-order valence-electron chi connectivity index (χ1n) is 8.83. The fourth-order valence-electron chi connectivity index (χ4n) is 3.13. The topological polar surface area (TPSA) is 75.2 Å². The maximum Gasteiger partial charge on any atom is 0.286 e. The molecule has 4 rings (SSSR count). The fourth-order valence-corrected chi connectivity index (χ4v) is 4.81. The van der Waals surface area contributed by atoms with E-state index in [1.165, 1.54) is 22.7 Å². The Balaban J connectivity index is 1.42. The molecule has 1 atom stereocenters. The molecule has 0 radical (unpaired) electrons. The molecule has 0 saturated carbocycles. The normalized spacial score (nSPS) is 16.8. The van der Waals surface area contributed by atoms with Gasteiger partial charge in [-0.1, -0.05) is 29.0 Å². The number of piperidine rings is 1. The summed E-state index contributed by atoms with van der Waals surface area (Å²) in [5.74, 6) is -0.134. The number of nitrogens with zero attached hydrogens (tertiary/aromatic N) is 3. The van der Waals surface area contributed by atoms with Gasteiger partial charge in [0, 0.05) is 29.7 Å². The number of likely N-dealkylation sites (tertiary alicyclic amines) is 1. The maximum absolute atomic E-state index is 12.6. The van der Waals surface area contributed by atoms with Gasteiger partial charge in [-0.25, -0.2) is 0 Å². The number of anilines is 1. The van der Waals surface area contributed by atoms with E-state index in [1.807, 2.05) is 22.4 Å². The molecule has 9 heteroatoms. The number of carbonyl (C=O) groups is 2. The van der Waals surface area contributed by atoms with Gasteiger partial charge < -0.3 is 10.2 Å². The quantitative estimate of drug-likeness (QED) is 0.657. The number of aromatic nitrogens is 2. The Morgan fingerprint density at radius 2 is 2.00 bits per heavy atom. The molecule has 1 aromatic carbocycles. The van der Waals surface area contributed by atoms with E-state index in [2.05, 4.69) is 15.5 Å². The number of carbonyl (C=O) groups excluding carboxylic acids is 2. The number of thiophene rings is 1. The molecular weight excluding hydrogens is 416 g/mol. The highest BCUT2D eigenvalue weighted by atomic mass is 35.5. The van der Waals surface area contributed by atoms with Crippen LogP contribution in [0.1, 0.15) is 43.2 Å². The van der Waals surface area contributed by atoms with Crippen LogP contribution in [0, 0.1) is 0 Å². The third kappa shape index (κ3) is 4.24. The molecule has 2 amide bonds. The molecule has 1 N–H and O–H groups in total. The van der Waals surface area contributed by atoms with Crippen LogP contribution >= 0.6 is 34.3 Å². The van der Waals surface area contributed by atoms with Crippen LogP contribution in [-0.4, -0.2) is 40.0 Å². The average molecular weight is 433 g/mol. The van der Waals surface area contributed by atoms with Crippen LogP contribution in [0.2, 0.25) is 5.02 Å². The largest absolute Gasteiger partial charge is 0.337 e. The molecule has 2 aromatic heterocycles. The van der Waals surface area contributed by atoms with E-state index in [9.17, 15) is 9.59 Å². The van der Waals surface area contributed by atoms with Gasteiger partial charge in [-0.05, 0) is 48.6 Å². The second kappa shape index (κ2) is 8.38. The zero-order chi connectivity index (χ0) is 19.5. The van der Waals surface area contributed by atoms with Crippen molar-refractivity contribution in [3.8, 4) is 0 Å². The molecule has 144 valence electrons. The van der Waals surface area contributed by atoms with Gasteiger partial charge >= 0.3 is 0 Å². The first kappa shape index (κ1) is 19.0. The Labute approximate surface area is 175 Å². The number of halogens is 1. The van der Waals surface area contributed by atoms with E-state index in [1.54, 1.807) is 24.3 Å². The highest BCUT2D eigenvalue weighted by Gasteiger charge is 2.28. The third-order valence-corrected chi connectivity index (χ3v) is 6.72. The fraction of sp³-hybridized carbons (Fsp3) is 0.263. The molecule has 1 aliphatic rings. The number of nitrogens with one attached hydrogen (secondary N) is 1. The molecule has 3 heterocycles. The minimum Gasteiger partial charge on any atom is -0.337 e. The van der Waals surface area contributed by atoms with Crippen molar-refractivity contribution in [2.45, 2.75) is 18.8 Å². The monoisotopic (exact) mass is 432 g/mol. The first-order valence-corrected chi connectivity index (χ1v) is 10.9. The molecule has 3 aromatic rings. The van der Waals surface area contributed by atoms with Gasteiger partial charge in [-0.15, -0.1) is 21.5 Å². The highest BCUT2D eigenvalue weighted by Crippen LogP contribution is 2.30. The van der Waals surface area contributed by atoms with Crippen LogP contribution in [-0.2, 0) is 0 Å². The van der Waals surface area contributed by atoms with Crippen LogP contribution in [0.4, 0.5) is 5.69 Å². The van der Waals surface area contributed by atoms with E-state index in [0.717, 1.165) is 29.3 Å². The van der Waals surface area contributed by atoms with E-state index >= 15 is 0 Å². The van der Waals surface area contributed by atoms with Crippen molar-refractivity contribution in [1.29, 1.82) is 0 Å². The maximum atomic E-state index is 12.6. The molecule has 0 bridgehead atoms. The number of hydrogen-bond donors (Lipinski definition) is 1. The molecule has 0 unspecified atom stereocenters. The summed E-state index contributed by atoms with van der Waals surface area (Å²) >= 11 is 8.60. The predicted molar refractivity (Wildman–Crippen MR) is 112 cm³/mol. The van der Waals surface area contributed by atoms with Gasteiger partial charge in [0.1, 0.15) is 5.01 Å². The van der Waals surface area contributed by atoms with Gasteiger partial charge in [0.2, 0.25) is 5.01 Å². The Bertz CT molecular complexity index is 972. The summed E-state index contributed by atoms with van der Waals surface area (Å²) in [4.78, 5) is 27.7. The Morgan fingerprint density at radius 1 is 1.18 bits per heavy atom. The van der Waals surface area contributed by atoms with E-state index in [0.29, 0.717) is 22.3 Å². The Morgan fingerprint density at radius 3 is 2.75 bits per heavy atom. The summed E-state index contributed by atoms with van der Waals surface area (Å²) in [6, 6.07) is 10.6. The van der Waals surface area contributed by atoms with Gasteiger partial charge in [0.15, 0.2) is 0 Å². The second-order valence-corrected chi connectivity index (χ2v) is 8.87. The Hall–Kier alpha value is -2.29. The summed E-state index contributed by atoms with van der Waals surface area (Å²) < 4.78 is 0. The SMILES string of the molecule is O=C(Nc1ccc(Cl)cc1)c1nnc([C@@H]2CCCN(C(=O)c3cccs3)C2)s1. The van der Waals surface area contributed by atoms with E-state index in [4.69, 9.17) is 11.6 Å². The summed E-state index contributed by atoms with van der Waals surface area (Å²) in [7, 11) is 0. The summed E-state index contributed by atoms with van der Waals surface area (Å²) in [6.07, 6.45) is 1.84. The molecule has 0 aliphatic carbocycles. The number of amides is 2. The molecule has 0 spiro atoms. The van der Waals surface area contributed by atoms with Crippen molar-refractivity contribution in [3.63, 3.8) is 0 Å². The number of benzene rings is 1. The smallest absolute Gasteiger partial charge is 0.286 e. The molecule has 1 fully saturated rings. The lowest BCUT2D eigenvalue weighted by molar-refractivity contribution is 0.0711. The van der Waals surface area contributed by atoms with Gasteiger partial charge in [-0.2, -0.15) is 0 Å². The molecule has 6 nitrogen and oxygen atoms in total. The summed E-state index contributed by atoms with van der Waals surface area (Å²) in [5, 5.41) is 14.7. The zero-order valence-electron chi connectivity index (χ0n) is 14.8. The van der Waals surface area contributed by atoms with Crippen LogP contribution in [0.15, 0.2) is 41.8 Å². The average Bonchev–Trinajstić information content (AvgIpc) is 3.41. The van der Waals surface area contributed by atoms with Crippen molar-refractivity contribution < 1.29 is 9.59 Å². The zero-order valence-corrected chi connectivity index (χ0v) is 17.2. The minimum absolute atomic E-state index is 0.0601. The summed E-state index contributed by atoms with van der Waals surface area (Å²) in [6.45, 7) is 1.35. The first-order chi connectivity index (χ1) is 13.6. The second-order valence-electron chi connectivity index (χ2n) is 6.47. The van der Waals surface area contributed by atoms with Crippen LogP contribution in [0.3, 0.4) is 0 Å². The van der Waals surface area contributed by atoms with Crippen LogP contribution in [0.5, 0.6) is 0 Å². The lowest BCUT2D eigenvalue weighted by atomic mass is 9.98. The minimum atomic E-state index is -0.298. The van der Waals surface area contributed by atoms with Gasteiger partial charge in [-0.3, -0.25) is 9.59 Å². The van der Waals surface area contributed by atoms with Crippen molar-refractivity contribution >= 4 is 51.8 Å². The van der Waals surface area contributed by atoms with E-state index in [-0.39, 0.29) is 17.7 Å². The van der Waals surface area contributed by atoms with Crippen molar-refractivity contribution in [2.75, 3.05) is 18.4 Å². The van der Waals surface area contributed by atoms with Crippen molar-refractivity contribution in [1.82, 2.24) is 15.1 Å². The molecule has 1 aliphatic heterocycles. The Kier molecular flexibility index (Phi) is 5.70.